The van der Waals surface area contributed by atoms with Gasteiger partial charge in [0.15, 0.2) is 5.82 Å². The maximum atomic E-state index is 14.0. The molecular formula is C42H35N5O5. The molecule has 0 aliphatic carbocycles. The summed E-state index contributed by atoms with van der Waals surface area (Å²) in [6.45, 7) is 0.457. The highest BCUT2D eigenvalue weighted by Crippen LogP contribution is 2.44. The summed E-state index contributed by atoms with van der Waals surface area (Å²) in [5.41, 5.74) is 4.26. The van der Waals surface area contributed by atoms with Crippen molar-refractivity contribution in [2.24, 2.45) is 5.92 Å². The Balaban J connectivity index is 1.50. The Labute approximate surface area is 300 Å². The number of rotatable bonds is 8. The summed E-state index contributed by atoms with van der Waals surface area (Å²) < 4.78 is 6.89. The lowest BCUT2D eigenvalue weighted by atomic mass is 9.77. The van der Waals surface area contributed by atoms with E-state index in [4.69, 9.17) is 9.84 Å². The molecule has 2 N–H and O–H groups in total. The molecule has 52 heavy (non-hydrogen) atoms. The van der Waals surface area contributed by atoms with Crippen LogP contribution in [-0.2, 0) is 15.1 Å². The zero-order chi connectivity index (χ0) is 36.2. The number of nitriles is 1. The standard InChI is InChI=1S/C42H35N5O5/c1-52-40(49)29-19-20-30(26-43)35(25-29)28-21-22-37-36(24-28)38(44-39(48)31-12-11-23-46(27-31)41(50)51)45-47(37)42(32-13-5-2-6-14-32,33-15-7-3-8-16-33)34-17-9-4-10-18-34/h2-10,13-22,24-25,31H,11-12,23,27H2,1H3,(H,50,51)(H,44,45,48)/t31-/m1/s1. The minimum Gasteiger partial charge on any atom is -0.465 e. The predicted molar refractivity (Wildman–Crippen MR) is 197 cm³/mol. The molecule has 1 aromatic heterocycles. The van der Waals surface area contributed by atoms with Crippen molar-refractivity contribution in [1.82, 2.24) is 14.7 Å². The first-order valence-electron chi connectivity index (χ1n) is 17.0. The molecule has 0 saturated carbocycles. The van der Waals surface area contributed by atoms with Gasteiger partial charge in [0.1, 0.15) is 5.54 Å². The van der Waals surface area contributed by atoms with Crippen LogP contribution in [0.1, 0.15) is 45.5 Å². The fourth-order valence-corrected chi connectivity index (χ4v) is 7.25. The predicted octanol–water partition coefficient (Wildman–Crippen LogP) is 7.53. The molecule has 5 aromatic carbocycles. The van der Waals surface area contributed by atoms with Gasteiger partial charge >= 0.3 is 12.1 Å². The van der Waals surface area contributed by atoms with Crippen molar-refractivity contribution in [3.63, 3.8) is 0 Å². The van der Waals surface area contributed by atoms with E-state index in [0.29, 0.717) is 47.0 Å². The number of fused-ring (bicyclic) bond motifs is 1. The van der Waals surface area contributed by atoms with Crippen LogP contribution in [0.15, 0.2) is 127 Å². The highest BCUT2D eigenvalue weighted by Gasteiger charge is 2.41. The zero-order valence-corrected chi connectivity index (χ0v) is 28.4. The Hall–Kier alpha value is -6.73. The summed E-state index contributed by atoms with van der Waals surface area (Å²) in [5.74, 6) is -1.16. The number of esters is 1. The maximum absolute atomic E-state index is 14.0. The first-order valence-corrected chi connectivity index (χ1v) is 17.0. The summed E-state index contributed by atoms with van der Waals surface area (Å²) in [6, 6.07) is 42.8. The number of carboxylic acid groups (broad SMARTS) is 1. The molecule has 1 atom stereocenters. The molecule has 1 aliphatic heterocycles. The van der Waals surface area contributed by atoms with E-state index in [1.807, 2.05) is 77.5 Å². The molecule has 258 valence electrons. The highest BCUT2D eigenvalue weighted by atomic mass is 16.5. The molecular weight excluding hydrogens is 654 g/mol. The first-order chi connectivity index (χ1) is 25.3. The van der Waals surface area contributed by atoms with E-state index in [1.54, 1.807) is 18.2 Å². The van der Waals surface area contributed by atoms with Crippen LogP contribution in [0.2, 0.25) is 0 Å². The number of aromatic nitrogens is 2. The maximum Gasteiger partial charge on any atom is 0.407 e. The van der Waals surface area contributed by atoms with Crippen LogP contribution in [0.5, 0.6) is 0 Å². The number of methoxy groups -OCH3 is 1. The Morgan fingerprint density at radius 1 is 0.865 bits per heavy atom. The number of amides is 2. The molecule has 1 aliphatic rings. The van der Waals surface area contributed by atoms with E-state index >= 15 is 0 Å². The molecule has 0 bridgehead atoms. The first kappa shape index (κ1) is 33.8. The normalized spacial score (nSPS) is 14.4. The molecule has 10 nitrogen and oxygen atoms in total. The second-order valence-electron chi connectivity index (χ2n) is 12.7. The molecule has 2 amide bonds. The van der Waals surface area contributed by atoms with E-state index in [0.717, 1.165) is 16.7 Å². The Morgan fingerprint density at radius 2 is 1.48 bits per heavy atom. The number of nitrogens with one attached hydrogen (secondary N) is 1. The summed E-state index contributed by atoms with van der Waals surface area (Å²) in [6.07, 6.45) is 0.0432. The lowest BCUT2D eigenvalue weighted by Gasteiger charge is -2.37. The van der Waals surface area contributed by atoms with Gasteiger partial charge in [0.05, 0.1) is 35.7 Å². The Kier molecular flexibility index (Phi) is 9.25. The average molecular weight is 690 g/mol. The van der Waals surface area contributed by atoms with Gasteiger partial charge in [0.25, 0.3) is 0 Å². The SMILES string of the molecule is COC(=O)c1ccc(C#N)c(-c2ccc3c(c2)c(NC(=O)[C@@H]2CCCN(C(=O)O)C2)nn3C(c2ccccc2)(c2ccccc2)c2ccccc2)c1. The topological polar surface area (TPSA) is 138 Å². The molecule has 1 saturated heterocycles. The molecule has 6 aromatic rings. The summed E-state index contributed by atoms with van der Waals surface area (Å²) >= 11 is 0. The van der Waals surface area contributed by atoms with Crippen LogP contribution in [0, 0.1) is 17.2 Å². The van der Waals surface area contributed by atoms with Crippen molar-refractivity contribution in [2.45, 2.75) is 18.4 Å². The second-order valence-corrected chi connectivity index (χ2v) is 12.7. The average Bonchev–Trinajstić information content (AvgIpc) is 3.56. The van der Waals surface area contributed by atoms with Gasteiger partial charge in [-0.05, 0) is 65.4 Å². The highest BCUT2D eigenvalue weighted by molar-refractivity contribution is 6.03. The van der Waals surface area contributed by atoms with Crippen LogP contribution in [0.4, 0.5) is 10.6 Å². The number of hydrogen-bond acceptors (Lipinski definition) is 6. The molecule has 10 heteroatoms. The van der Waals surface area contributed by atoms with Crippen molar-refractivity contribution in [1.29, 1.82) is 5.26 Å². The van der Waals surface area contributed by atoms with Crippen molar-refractivity contribution in [3.05, 3.63) is 155 Å². The third-order valence-corrected chi connectivity index (χ3v) is 9.75. The van der Waals surface area contributed by atoms with E-state index < -0.39 is 23.5 Å². The zero-order valence-electron chi connectivity index (χ0n) is 28.4. The van der Waals surface area contributed by atoms with Gasteiger partial charge < -0.3 is 20.1 Å². The third-order valence-electron chi connectivity index (χ3n) is 9.75. The third kappa shape index (κ3) is 6.03. The van der Waals surface area contributed by atoms with E-state index in [-0.39, 0.29) is 23.8 Å². The summed E-state index contributed by atoms with van der Waals surface area (Å²) in [5, 5.41) is 28.6. The van der Waals surface area contributed by atoms with E-state index in [9.17, 15) is 24.8 Å². The number of carbonyl (C=O) groups excluding carboxylic acids is 2. The van der Waals surface area contributed by atoms with Crippen LogP contribution in [-0.4, -0.2) is 58.0 Å². The minimum absolute atomic E-state index is 0.0822. The molecule has 0 spiro atoms. The van der Waals surface area contributed by atoms with Gasteiger partial charge in [-0.1, -0.05) is 97.1 Å². The van der Waals surface area contributed by atoms with Crippen LogP contribution in [0.25, 0.3) is 22.0 Å². The van der Waals surface area contributed by atoms with Gasteiger partial charge in [-0.25, -0.2) is 14.3 Å². The Morgan fingerprint density at radius 3 is 2.04 bits per heavy atom. The number of likely N-dealkylation sites (tertiary alicyclic amines) is 1. The monoisotopic (exact) mass is 689 g/mol. The minimum atomic E-state index is -1.06. The fourth-order valence-electron chi connectivity index (χ4n) is 7.25. The Bertz CT molecular complexity index is 2220. The van der Waals surface area contributed by atoms with Gasteiger partial charge in [0, 0.05) is 24.0 Å². The van der Waals surface area contributed by atoms with Gasteiger partial charge in [-0.15, -0.1) is 0 Å². The van der Waals surface area contributed by atoms with Crippen LogP contribution >= 0.6 is 0 Å². The van der Waals surface area contributed by atoms with Crippen molar-refractivity contribution < 1.29 is 24.2 Å². The van der Waals surface area contributed by atoms with E-state index in [2.05, 4.69) is 47.8 Å². The van der Waals surface area contributed by atoms with Crippen LogP contribution < -0.4 is 5.32 Å². The molecule has 0 radical (unpaired) electrons. The smallest absolute Gasteiger partial charge is 0.407 e. The van der Waals surface area contributed by atoms with Crippen molar-refractivity contribution in [3.8, 4) is 17.2 Å². The lowest BCUT2D eigenvalue weighted by Crippen LogP contribution is -2.43. The number of benzene rings is 5. The van der Waals surface area contributed by atoms with Gasteiger partial charge in [-0.2, -0.15) is 10.4 Å². The molecule has 1 fully saturated rings. The molecule has 7 rings (SSSR count). The largest absolute Gasteiger partial charge is 0.465 e. The quantitative estimate of drug-likeness (QED) is 0.125. The number of nitrogens with zero attached hydrogens (tertiary/aromatic N) is 4. The molecule has 2 heterocycles. The second kappa shape index (κ2) is 14.2. The number of carbonyl (C=O) groups is 3. The van der Waals surface area contributed by atoms with Gasteiger partial charge in [0.2, 0.25) is 5.91 Å². The van der Waals surface area contributed by atoms with Crippen LogP contribution in [0.3, 0.4) is 0 Å². The fraction of sp³-hybridized carbons (Fsp3) is 0.167. The number of ether oxygens (including phenoxy) is 1. The number of hydrogen-bond donors (Lipinski definition) is 2. The number of anilines is 1. The van der Waals surface area contributed by atoms with Crippen molar-refractivity contribution >= 4 is 34.7 Å². The molecule has 0 unspecified atom stereocenters. The summed E-state index contributed by atoms with van der Waals surface area (Å²) in [4.78, 5) is 39.6. The number of piperidine rings is 1. The van der Waals surface area contributed by atoms with E-state index in [1.165, 1.54) is 12.0 Å². The van der Waals surface area contributed by atoms with Gasteiger partial charge in [-0.3, -0.25) is 4.79 Å². The van der Waals surface area contributed by atoms with Crippen molar-refractivity contribution in [2.75, 3.05) is 25.5 Å². The lowest BCUT2D eigenvalue weighted by molar-refractivity contribution is -0.121. The summed E-state index contributed by atoms with van der Waals surface area (Å²) in [7, 11) is 1.30.